The summed E-state index contributed by atoms with van der Waals surface area (Å²) in [5.41, 5.74) is 0.801. The van der Waals surface area contributed by atoms with E-state index in [1.54, 1.807) is 36.5 Å². The Morgan fingerprint density at radius 1 is 1.30 bits per heavy atom. The number of hydrogen-bond donors (Lipinski definition) is 1. The Morgan fingerprint density at radius 3 is 2.87 bits per heavy atom. The number of nitrogens with zero attached hydrogens (tertiary/aromatic N) is 3. The number of aromatic nitrogens is 2. The minimum Gasteiger partial charge on any atom is -0.458 e. The molecule has 30 heavy (non-hydrogen) atoms. The van der Waals surface area contributed by atoms with Crippen molar-refractivity contribution in [2.24, 2.45) is 4.99 Å². The molecule has 0 bridgehead atoms. The summed E-state index contributed by atoms with van der Waals surface area (Å²) in [6.07, 6.45) is 1.60. The van der Waals surface area contributed by atoms with Crippen LogP contribution in [0.5, 0.6) is 0 Å². The fraction of sp³-hybridized carbons (Fsp3) is 0.158. The fourth-order valence-corrected chi connectivity index (χ4v) is 4.52. The summed E-state index contributed by atoms with van der Waals surface area (Å²) in [5, 5.41) is 0. The highest BCUT2D eigenvalue weighted by Crippen LogP contribution is 2.22. The van der Waals surface area contributed by atoms with Crippen LogP contribution in [0.3, 0.4) is 0 Å². The Kier molecular flexibility index (Phi) is 5.16. The number of esters is 1. The van der Waals surface area contributed by atoms with Crippen molar-refractivity contribution in [2.45, 2.75) is 24.5 Å². The van der Waals surface area contributed by atoms with Crippen molar-refractivity contribution in [1.82, 2.24) is 14.1 Å². The summed E-state index contributed by atoms with van der Waals surface area (Å²) in [4.78, 5) is 33.1. The summed E-state index contributed by atoms with van der Waals surface area (Å²) >= 11 is 3.29. The van der Waals surface area contributed by atoms with Crippen molar-refractivity contribution >= 4 is 43.4 Å². The number of ether oxygens (including phenoxy) is 1. The first kappa shape index (κ1) is 20.2. The summed E-state index contributed by atoms with van der Waals surface area (Å²) < 4.78 is 33.9. The molecule has 0 saturated heterocycles. The first-order valence-corrected chi connectivity index (χ1v) is 11.1. The molecule has 1 aliphatic heterocycles. The maximum Gasteiger partial charge on any atom is 0.331 e. The van der Waals surface area contributed by atoms with Gasteiger partial charge in [-0.3, -0.25) is 18.9 Å². The first-order valence-electron chi connectivity index (χ1n) is 8.79. The van der Waals surface area contributed by atoms with E-state index in [1.165, 1.54) is 23.5 Å². The van der Waals surface area contributed by atoms with Gasteiger partial charge < -0.3 is 4.74 Å². The minimum atomic E-state index is -3.69. The number of aliphatic imine (C=N–C) groups is 1. The Morgan fingerprint density at radius 2 is 2.07 bits per heavy atom. The maximum absolute atomic E-state index is 12.3. The zero-order valence-electron chi connectivity index (χ0n) is 15.6. The zero-order valence-corrected chi connectivity index (χ0v) is 18.0. The molecule has 154 valence electrons. The SMILES string of the molecule is C[C@@H](N=C1NS(=O)(=O)c2ccccc21)C(=O)OCc1cc(=O)n2cc(Br)ccc2n1. The van der Waals surface area contributed by atoms with Crippen LogP contribution in [-0.4, -0.2) is 35.6 Å². The monoisotopic (exact) mass is 490 g/mol. The molecular weight excluding hydrogens is 476 g/mol. The van der Waals surface area contributed by atoms with Gasteiger partial charge >= 0.3 is 5.97 Å². The van der Waals surface area contributed by atoms with E-state index < -0.39 is 22.0 Å². The third-order valence-corrected chi connectivity index (χ3v) is 6.23. The number of nitrogens with one attached hydrogen (secondary N) is 1. The molecule has 11 heteroatoms. The lowest BCUT2D eigenvalue weighted by Crippen LogP contribution is -2.27. The van der Waals surface area contributed by atoms with Crippen molar-refractivity contribution < 1.29 is 17.9 Å². The van der Waals surface area contributed by atoms with Gasteiger partial charge in [-0.2, -0.15) is 0 Å². The van der Waals surface area contributed by atoms with Crippen LogP contribution in [0, 0.1) is 0 Å². The van der Waals surface area contributed by atoms with E-state index in [4.69, 9.17) is 4.74 Å². The van der Waals surface area contributed by atoms with Crippen molar-refractivity contribution in [3.63, 3.8) is 0 Å². The number of hydrogen-bond acceptors (Lipinski definition) is 7. The second-order valence-electron chi connectivity index (χ2n) is 6.52. The molecule has 0 spiro atoms. The van der Waals surface area contributed by atoms with Gasteiger partial charge in [-0.25, -0.2) is 18.2 Å². The summed E-state index contributed by atoms with van der Waals surface area (Å²) in [7, 11) is -3.69. The Hall–Kier alpha value is -3.05. The lowest BCUT2D eigenvalue weighted by molar-refractivity contribution is -0.146. The Labute approximate surface area is 179 Å². The van der Waals surface area contributed by atoms with Gasteiger partial charge in [0.25, 0.3) is 15.6 Å². The van der Waals surface area contributed by atoms with Crippen LogP contribution in [0.4, 0.5) is 0 Å². The fourth-order valence-electron chi connectivity index (χ4n) is 2.94. The Bertz CT molecular complexity index is 1370. The van der Waals surface area contributed by atoms with E-state index in [9.17, 15) is 18.0 Å². The average Bonchev–Trinajstić information content (AvgIpc) is 2.97. The number of rotatable bonds is 4. The number of sulfonamides is 1. The van der Waals surface area contributed by atoms with Crippen molar-refractivity contribution in [1.29, 1.82) is 0 Å². The second-order valence-corrected chi connectivity index (χ2v) is 9.09. The van der Waals surface area contributed by atoms with Gasteiger partial charge in [-0.15, -0.1) is 0 Å². The van der Waals surface area contributed by atoms with Gasteiger partial charge in [0.1, 0.15) is 24.1 Å². The first-order chi connectivity index (χ1) is 14.2. The van der Waals surface area contributed by atoms with Crippen LogP contribution >= 0.6 is 15.9 Å². The van der Waals surface area contributed by atoms with E-state index in [-0.39, 0.29) is 22.9 Å². The Balaban J connectivity index is 1.50. The quantitative estimate of drug-likeness (QED) is 0.555. The van der Waals surface area contributed by atoms with Gasteiger partial charge in [-0.1, -0.05) is 12.1 Å². The molecule has 3 heterocycles. The molecule has 1 aliphatic rings. The largest absolute Gasteiger partial charge is 0.458 e. The van der Waals surface area contributed by atoms with Crippen LogP contribution in [-0.2, 0) is 26.2 Å². The van der Waals surface area contributed by atoms with Crippen LogP contribution in [0.25, 0.3) is 5.65 Å². The molecule has 1 N–H and O–H groups in total. The molecule has 0 fully saturated rings. The van der Waals surface area contributed by atoms with Gasteiger partial charge in [0, 0.05) is 22.3 Å². The molecule has 0 radical (unpaired) electrons. The lowest BCUT2D eigenvalue weighted by atomic mass is 10.2. The number of carbonyl (C=O) groups is 1. The molecule has 1 atom stereocenters. The highest BCUT2D eigenvalue weighted by molar-refractivity contribution is 9.10. The topological polar surface area (TPSA) is 119 Å². The predicted octanol–water partition coefficient (Wildman–Crippen LogP) is 1.63. The highest BCUT2D eigenvalue weighted by Gasteiger charge is 2.31. The number of fused-ring (bicyclic) bond motifs is 2. The van der Waals surface area contributed by atoms with Gasteiger partial charge in [0.05, 0.1) is 10.6 Å². The highest BCUT2D eigenvalue weighted by atomic mass is 79.9. The smallest absolute Gasteiger partial charge is 0.331 e. The van der Waals surface area contributed by atoms with Crippen molar-refractivity contribution in [3.05, 3.63) is 74.7 Å². The van der Waals surface area contributed by atoms with Crippen molar-refractivity contribution in [3.8, 4) is 0 Å². The summed E-state index contributed by atoms with van der Waals surface area (Å²) in [6.45, 7) is 1.28. The number of benzene rings is 1. The number of pyridine rings is 1. The number of halogens is 1. The minimum absolute atomic E-state index is 0.0858. The van der Waals surface area contributed by atoms with Crippen LogP contribution in [0.2, 0.25) is 0 Å². The standard InChI is InChI=1S/C19H15BrN4O5S/c1-11(21-18-14-4-2-3-5-15(14)30(27,28)23-18)19(26)29-10-13-8-17(25)24-9-12(20)6-7-16(24)22-13/h2-9,11H,10H2,1H3,(H,21,23)/t11-/m1/s1. The normalized spacial score (nSPS) is 16.8. The molecule has 1 aromatic carbocycles. The predicted molar refractivity (Wildman–Crippen MR) is 112 cm³/mol. The third-order valence-electron chi connectivity index (χ3n) is 4.37. The molecule has 4 rings (SSSR count). The second kappa shape index (κ2) is 7.65. The summed E-state index contributed by atoms with van der Waals surface area (Å²) in [6, 6.07) is 10.1. The molecule has 2 aromatic heterocycles. The van der Waals surface area contributed by atoms with Gasteiger partial charge in [-0.05, 0) is 47.1 Å². The summed E-state index contributed by atoms with van der Waals surface area (Å²) in [5.74, 6) is -0.591. The molecule has 9 nitrogen and oxygen atoms in total. The number of carbonyl (C=O) groups excluding carboxylic acids is 1. The van der Waals surface area contributed by atoms with Gasteiger partial charge in [0.2, 0.25) is 0 Å². The van der Waals surface area contributed by atoms with E-state index in [2.05, 4.69) is 30.6 Å². The molecule has 0 saturated carbocycles. The number of amidine groups is 1. The maximum atomic E-state index is 12.3. The van der Waals surface area contributed by atoms with E-state index in [1.807, 2.05) is 0 Å². The molecule has 0 aliphatic carbocycles. The van der Waals surface area contributed by atoms with Crippen molar-refractivity contribution in [2.75, 3.05) is 0 Å². The van der Waals surface area contributed by atoms with E-state index in [0.717, 1.165) is 4.47 Å². The molecule has 0 unspecified atom stereocenters. The van der Waals surface area contributed by atoms with Crippen LogP contribution < -0.4 is 10.3 Å². The van der Waals surface area contributed by atoms with Crippen LogP contribution in [0.1, 0.15) is 18.2 Å². The zero-order chi connectivity index (χ0) is 21.5. The van der Waals surface area contributed by atoms with E-state index in [0.29, 0.717) is 16.9 Å². The third kappa shape index (κ3) is 3.85. The molecular formula is C19H15BrN4O5S. The van der Waals surface area contributed by atoms with Gasteiger partial charge in [0.15, 0.2) is 0 Å². The van der Waals surface area contributed by atoms with E-state index >= 15 is 0 Å². The molecule has 0 amide bonds. The van der Waals surface area contributed by atoms with Crippen LogP contribution in [0.15, 0.2) is 67.8 Å². The average molecular weight is 491 g/mol. The molecule has 3 aromatic rings. The lowest BCUT2D eigenvalue weighted by Gasteiger charge is -2.09.